The molecular weight excluding hydrogens is 158 g/mol. The number of aryl methyl sites for hydroxylation is 1. The minimum absolute atomic E-state index is 0.0746. The average molecular weight is 177 g/mol. The molecular formula is C12H19N. The van der Waals surface area contributed by atoms with Crippen molar-refractivity contribution in [2.75, 3.05) is 7.05 Å². The molecule has 72 valence electrons. The van der Waals surface area contributed by atoms with E-state index in [4.69, 9.17) is 0 Å². The normalized spacial score (nSPS) is 11.7. The molecule has 0 aromatic heterocycles. The maximum absolute atomic E-state index is 3.31. The molecule has 0 aliphatic carbocycles. The van der Waals surface area contributed by atoms with Crippen molar-refractivity contribution in [1.82, 2.24) is 5.32 Å². The molecule has 0 amide bonds. The quantitative estimate of drug-likeness (QED) is 0.748. The topological polar surface area (TPSA) is 12.0 Å². The van der Waals surface area contributed by atoms with Crippen LogP contribution in [0, 0.1) is 0 Å². The third-order valence-electron chi connectivity index (χ3n) is 2.68. The standard InChI is InChI=1S/C12H19N/c1-5-10-7-6-8-11(9-10)12(2,3)13-4/h6-9,13H,5H2,1-4H3. The molecule has 0 aliphatic rings. The second kappa shape index (κ2) is 3.93. The maximum Gasteiger partial charge on any atom is 0.0375 e. The summed E-state index contributed by atoms with van der Waals surface area (Å²) in [4.78, 5) is 0. The van der Waals surface area contributed by atoms with Crippen LogP contribution in [0.4, 0.5) is 0 Å². The van der Waals surface area contributed by atoms with Gasteiger partial charge in [-0.25, -0.2) is 0 Å². The Labute approximate surface area is 81.2 Å². The van der Waals surface area contributed by atoms with E-state index in [1.807, 2.05) is 7.05 Å². The molecule has 1 N–H and O–H groups in total. The van der Waals surface area contributed by atoms with Gasteiger partial charge in [0, 0.05) is 5.54 Å². The highest BCUT2D eigenvalue weighted by Gasteiger charge is 2.16. The van der Waals surface area contributed by atoms with Crippen molar-refractivity contribution in [3.8, 4) is 0 Å². The molecule has 0 radical (unpaired) electrons. The van der Waals surface area contributed by atoms with E-state index >= 15 is 0 Å². The van der Waals surface area contributed by atoms with Crippen LogP contribution in [0.25, 0.3) is 0 Å². The van der Waals surface area contributed by atoms with Gasteiger partial charge < -0.3 is 5.32 Å². The van der Waals surface area contributed by atoms with Crippen molar-refractivity contribution in [3.05, 3.63) is 35.4 Å². The number of nitrogens with one attached hydrogen (secondary N) is 1. The highest BCUT2D eigenvalue weighted by molar-refractivity contribution is 5.28. The lowest BCUT2D eigenvalue weighted by Gasteiger charge is -2.25. The monoisotopic (exact) mass is 177 g/mol. The van der Waals surface area contributed by atoms with Crippen LogP contribution in [0.5, 0.6) is 0 Å². The van der Waals surface area contributed by atoms with Crippen molar-refractivity contribution in [2.24, 2.45) is 0 Å². The second-order valence-electron chi connectivity index (χ2n) is 3.93. The van der Waals surface area contributed by atoms with Crippen molar-refractivity contribution < 1.29 is 0 Å². The van der Waals surface area contributed by atoms with Gasteiger partial charge in [0.2, 0.25) is 0 Å². The Hall–Kier alpha value is -0.820. The molecule has 1 nitrogen and oxygen atoms in total. The van der Waals surface area contributed by atoms with Gasteiger partial charge in [0.25, 0.3) is 0 Å². The molecule has 13 heavy (non-hydrogen) atoms. The Morgan fingerprint density at radius 2 is 2.00 bits per heavy atom. The predicted molar refractivity (Wildman–Crippen MR) is 57.9 cm³/mol. The number of benzene rings is 1. The molecule has 0 heterocycles. The predicted octanol–water partition coefficient (Wildman–Crippen LogP) is 2.70. The van der Waals surface area contributed by atoms with Crippen LogP contribution < -0.4 is 5.32 Å². The first-order valence-electron chi connectivity index (χ1n) is 4.88. The zero-order chi connectivity index (χ0) is 9.90. The van der Waals surface area contributed by atoms with Crippen LogP contribution >= 0.6 is 0 Å². The summed E-state index contributed by atoms with van der Waals surface area (Å²) < 4.78 is 0. The zero-order valence-corrected chi connectivity index (χ0v) is 9.02. The summed E-state index contributed by atoms with van der Waals surface area (Å²) in [6.45, 7) is 6.58. The van der Waals surface area contributed by atoms with E-state index in [9.17, 15) is 0 Å². The van der Waals surface area contributed by atoms with Gasteiger partial charge in [-0.3, -0.25) is 0 Å². The van der Waals surface area contributed by atoms with Crippen LogP contribution in [0.15, 0.2) is 24.3 Å². The fraction of sp³-hybridized carbons (Fsp3) is 0.500. The fourth-order valence-electron chi connectivity index (χ4n) is 1.32. The zero-order valence-electron chi connectivity index (χ0n) is 9.02. The van der Waals surface area contributed by atoms with Gasteiger partial charge >= 0.3 is 0 Å². The van der Waals surface area contributed by atoms with Crippen molar-refractivity contribution in [2.45, 2.75) is 32.7 Å². The summed E-state index contributed by atoms with van der Waals surface area (Å²) in [5.74, 6) is 0. The smallest absolute Gasteiger partial charge is 0.0375 e. The third-order valence-corrected chi connectivity index (χ3v) is 2.68. The minimum atomic E-state index is 0.0746. The van der Waals surface area contributed by atoms with E-state index in [2.05, 4.69) is 50.4 Å². The van der Waals surface area contributed by atoms with E-state index in [0.29, 0.717) is 0 Å². The minimum Gasteiger partial charge on any atom is -0.311 e. The summed E-state index contributed by atoms with van der Waals surface area (Å²) in [5.41, 5.74) is 2.83. The van der Waals surface area contributed by atoms with E-state index in [-0.39, 0.29) is 5.54 Å². The number of hydrogen-bond donors (Lipinski definition) is 1. The van der Waals surface area contributed by atoms with E-state index in [0.717, 1.165) is 6.42 Å². The molecule has 0 saturated carbocycles. The highest BCUT2D eigenvalue weighted by atomic mass is 14.9. The Bertz CT molecular complexity index is 276. The molecule has 0 fully saturated rings. The van der Waals surface area contributed by atoms with Crippen LogP contribution in [-0.2, 0) is 12.0 Å². The Morgan fingerprint density at radius 3 is 2.54 bits per heavy atom. The molecule has 0 aliphatic heterocycles. The van der Waals surface area contributed by atoms with Gasteiger partial charge in [0.05, 0.1) is 0 Å². The van der Waals surface area contributed by atoms with E-state index in [1.165, 1.54) is 11.1 Å². The van der Waals surface area contributed by atoms with Crippen LogP contribution in [0.2, 0.25) is 0 Å². The number of rotatable bonds is 3. The first-order chi connectivity index (χ1) is 6.10. The first-order valence-corrected chi connectivity index (χ1v) is 4.88. The Kier molecular flexibility index (Phi) is 3.10. The summed E-state index contributed by atoms with van der Waals surface area (Å²) in [6.07, 6.45) is 1.10. The molecule has 0 unspecified atom stereocenters. The SMILES string of the molecule is CCc1cccc(C(C)(C)NC)c1. The first kappa shape index (κ1) is 10.3. The third kappa shape index (κ3) is 2.31. The van der Waals surface area contributed by atoms with E-state index < -0.39 is 0 Å². The van der Waals surface area contributed by atoms with Gasteiger partial charge in [-0.2, -0.15) is 0 Å². The van der Waals surface area contributed by atoms with Crippen molar-refractivity contribution >= 4 is 0 Å². The molecule has 0 bridgehead atoms. The summed E-state index contributed by atoms with van der Waals surface area (Å²) in [5, 5.41) is 3.31. The molecule has 1 aromatic rings. The number of hydrogen-bond acceptors (Lipinski definition) is 1. The second-order valence-corrected chi connectivity index (χ2v) is 3.93. The lowest BCUT2D eigenvalue weighted by molar-refractivity contribution is 0.444. The molecule has 0 saturated heterocycles. The highest BCUT2D eigenvalue weighted by Crippen LogP contribution is 2.20. The summed E-state index contributed by atoms with van der Waals surface area (Å²) in [7, 11) is 2.00. The van der Waals surface area contributed by atoms with Gasteiger partial charge in [-0.1, -0.05) is 31.2 Å². The van der Waals surface area contributed by atoms with Crippen LogP contribution in [0.1, 0.15) is 31.9 Å². The summed E-state index contributed by atoms with van der Waals surface area (Å²) in [6, 6.07) is 8.76. The van der Waals surface area contributed by atoms with Gasteiger partial charge in [0.15, 0.2) is 0 Å². The molecule has 0 atom stereocenters. The maximum atomic E-state index is 3.31. The van der Waals surface area contributed by atoms with Gasteiger partial charge in [-0.15, -0.1) is 0 Å². The van der Waals surface area contributed by atoms with Crippen molar-refractivity contribution in [3.63, 3.8) is 0 Å². The Morgan fingerprint density at radius 1 is 1.31 bits per heavy atom. The fourth-order valence-corrected chi connectivity index (χ4v) is 1.32. The van der Waals surface area contributed by atoms with Gasteiger partial charge in [0.1, 0.15) is 0 Å². The Balaban J connectivity index is 3.01. The lowest BCUT2D eigenvalue weighted by atomic mass is 9.93. The largest absolute Gasteiger partial charge is 0.311 e. The molecule has 1 rings (SSSR count). The summed E-state index contributed by atoms with van der Waals surface area (Å²) >= 11 is 0. The average Bonchev–Trinajstić information content (AvgIpc) is 2.18. The van der Waals surface area contributed by atoms with Crippen molar-refractivity contribution in [1.29, 1.82) is 0 Å². The molecule has 0 spiro atoms. The van der Waals surface area contributed by atoms with Crippen LogP contribution in [-0.4, -0.2) is 7.05 Å². The van der Waals surface area contributed by atoms with Crippen LogP contribution in [0.3, 0.4) is 0 Å². The molecule has 1 heteroatoms. The van der Waals surface area contributed by atoms with Gasteiger partial charge in [-0.05, 0) is 38.4 Å². The molecule has 1 aromatic carbocycles. The lowest BCUT2D eigenvalue weighted by Crippen LogP contribution is -2.33. The van der Waals surface area contributed by atoms with E-state index in [1.54, 1.807) is 0 Å².